The molecular formula is C11H16N4OS. The van der Waals surface area contributed by atoms with E-state index in [-0.39, 0.29) is 5.92 Å². The summed E-state index contributed by atoms with van der Waals surface area (Å²) in [7, 11) is 0. The van der Waals surface area contributed by atoms with Gasteiger partial charge in [0.1, 0.15) is 0 Å². The first kappa shape index (κ1) is 12.0. The second-order valence-corrected chi connectivity index (χ2v) is 5.61. The van der Waals surface area contributed by atoms with Crippen LogP contribution in [0.1, 0.15) is 41.2 Å². The van der Waals surface area contributed by atoms with Gasteiger partial charge in [0.25, 0.3) is 0 Å². The molecule has 0 fully saturated rings. The van der Waals surface area contributed by atoms with Crippen LogP contribution >= 0.6 is 11.3 Å². The molecule has 2 aromatic heterocycles. The van der Waals surface area contributed by atoms with Crippen molar-refractivity contribution in [3.63, 3.8) is 0 Å². The average molecular weight is 252 g/mol. The largest absolute Gasteiger partial charge is 0.332 e. The van der Waals surface area contributed by atoms with Crippen LogP contribution in [0.15, 0.2) is 4.52 Å². The first-order valence-electron chi connectivity index (χ1n) is 5.56. The number of nitrogens with one attached hydrogen (secondary N) is 1. The molecule has 1 N–H and O–H groups in total. The summed E-state index contributed by atoms with van der Waals surface area (Å²) in [5.41, 5.74) is 1.04. The van der Waals surface area contributed by atoms with Crippen molar-refractivity contribution in [3.8, 4) is 0 Å². The molecule has 0 unspecified atom stereocenters. The van der Waals surface area contributed by atoms with E-state index in [2.05, 4.69) is 27.4 Å². The highest BCUT2D eigenvalue weighted by Crippen LogP contribution is 2.18. The lowest BCUT2D eigenvalue weighted by atomic mass is 10.2. The predicted molar refractivity (Wildman–Crippen MR) is 67.3 cm³/mol. The van der Waals surface area contributed by atoms with Gasteiger partial charge in [-0.1, -0.05) is 19.0 Å². The third-order valence-corrected chi connectivity index (χ3v) is 3.29. The van der Waals surface area contributed by atoms with Crippen LogP contribution in [-0.2, 0) is 6.54 Å². The summed E-state index contributed by atoms with van der Waals surface area (Å²) >= 11 is 1.70. The van der Waals surface area contributed by atoms with E-state index in [1.807, 2.05) is 20.8 Å². The molecule has 0 saturated heterocycles. The van der Waals surface area contributed by atoms with E-state index in [4.69, 9.17) is 4.52 Å². The Morgan fingerprint density at radius 2 is 2.06 bits per heavy atom. The molecule has 0 aliphatic rings. The summed E-state index contributed by atoms with van der Waals surface area (Å²) in [6.07, 6.45) is 0. The zero-order chi connectivity index (χ0) is 12.4. The van der Waals surface area contributed by atoms with Gasteiger partial charge in [0, 0.05) is 10.8 Å². The Labute approximate surface area is 104 Å². The Balaban J connectivity index is 2.00. The van der Waals surface area contributed by atoms with E-state index >= 15 is 0 Å². The van der Waals surface area contributed by atoms with Crippen molar-refractivity contribution in [2.24, 2.45) is 0 Å². The van der Waals surface area contributed by atoms with Crippen molar-refractivity contribution in [1.29, 1.82) is 0 Å². The first-order chi connectivity index (χ1) is 8.06. The quantitative estimate of drug-likeness (QED) is 0.906. The van der Waals surface area contributed by atoms with Crippen molar-refractivity contribution in [3.05, 3.63) is 21.4 Å². The fraction of sp³-hybridized carbons (Fsp3) is 0.545. The highest BCUT2D eigenvalue weighted by atomic mass is 32.1. The van der Waals surface area contributed by atoms with Crippen molar-refractivity contribution >= 4 is 17.4 Å². The van der Waals surface area contributed by atoms with Crippen LogP contribution < -0.4 is 5.32 Å². The van der Waals surface area contributed by atoms with E-state index < -0.39 is 0 Å². The molecule has 6 heteroatoms. The van der Waals surface area contributed by atoms with Crippen LogP contribution in [0.25, 0.3) is 0 Å². The topological polar surface area (TPSA) is 63.8 Å². The Morgan fingerprint density at radius 1 is 1.29 bits per heavy atom. The second-order valence-electron chi connectivity index (χ2n) is 4.20. The van der Waals surface area contributed by atoms with Gasteiger partial charge >= 0.3 is 6.01 Å². The molecule has 0 aromatic carbocycles. The molecule has 0 amide bonds. The number of rotatable bonds is 4. The molecule has 0 saturated carbocycles. The minimum absolute atomic E-state index is 0.276. The number of hydrogen-bond donors (Lipinski definition) is 1. The number of anilines is 1. The van der Waals surface area contributed by atoms with E-state index in [9.17, 15) is 0 Å². The Morgan fingerprint density at radius 3 is 2.59 bits per heavy atom. The van der Waals surface area contributed by atoms with E-state index in [0.717, 1.165) is 16.5 Å². The van der Waals surface area contributed by atoms with Gasteiger partial charge in [0.2, 0.25) is 0 Å². The molecule has 0 aliphatic carbocycles. The summed E-state index contributed by atoms with van der Waals surface area (Å²) in [4.78, 5) is 9.90. The molecule has 2 heterocycles. The summed E-state index contributed by atoms with van der Waals surface area (Å²) in [5, 5.41) is 8.06. The number of aryl methyl sites for hydroxylation is 2. The molecule has 2 aromatic rings. The maximum atomic E-state index is 5.10. The third kappa shape index (κ3) is 2.82. The molecule has 0 atom stereocenters. The number of nitrogens with zero attached hydrogens (tertiary/aromatic N) is 3. The van der Waals surface area contributed by atoms with E-state index in [1.165, 1.54) is 4.88 Å². The Hall–Kier alpha value is -1.43. The summed E-state index contributed by atoms with van der Waals surface area (Å²) in [6, 6.07) is 0.457. The summed E-state index contributed by atoms with van der Waals surface area (Å²) < 4.78 is 5.10. The lowest BCUT2D eigenvalue weighted by Gasteiger charge is -1.98. The molecule has 0 radical (unpaired) electrons. The molecule has 0 bridgehead atoms. The summed E-state index contributed by atoms with van der Waals surface area (Å²) in [5.74, 6) is 0.997. The molecule has 17 heavy (non-hydrogen) atoms. The van der Waals surface area contributed by atoms with Crippen LogP contribution in [0.2, 0.25) is 0 Å². The van der Waals surface area contributed by atoms with Crippen LogP contribution in [0.4, 0.5) is 6.01 Å². The smallest absolute Gasteiger partial charge is 0.321 e. The Bertz CT molecular complexity index is 503. The molecular weight excluding hydrogens is 236 g/mol. The fourth-order valence-corrected chi connectivity index (χ4v) is 2.27. The van der Waals surface area contributed by atoms with Gasteiger partial charge < -0.3 is 9.84 Å². The zero-order valence-electron chi connectivity index (χ0n) is 10.4. The molecule has 0 aliphatic heterocycles. The summed E-state index contributed by atoms with van der Waals surface area (Å²) in [6.45, 7) is 8.75. The van der Waals surface area contributed by atoms with Gasteiger partial charge in [-0.25, -0.2) is 4.98 Å². The van der Waals surface area contributed by atoms with Crippen molar-refractivity contribution in [2.75, 3.05) is 5.32 Å². The van der Waals surface area contributed by atoms with Gasteiger partial charge in [-0.05, 0) is 13.8 Å². The van der Waals surface area contributed by atoms with E-state index in [1.54, 1.807) is 11.3 Å². The molecule has 2 rings (SSSR count). The molecule has 92 valence electrons. The van der Waals surface area contributed by atoms with Gasteiger partial charge in [0.15, 0.2) is 5.82 Å². The van der Waals surface area contributed by atoms with Gasteiger partial charge in [-0.2, -0.15) is 4.98 Å². The minimum atomic E-state index is 0.276. The lowest BCUT2D eigenvalue weighted by Crippen LogP contribution is -2.01. The highest BCUT2D eigenvalue weighted by molar-refractivity contribution is 7.11. The molecule has 0 spiro atoms. The maximum Gasteiger partial charge on any atom is 0.321 e. The van der Waals surface area contributed by atoms with Crippen LogP contribution in [0.5, 0.6) is 0 Å². The maximum absolute atomic E-state index is 5.10. The lowest BCUT2D eigenvalue weighted by molar-refractivity contribution is 0.419. The molecule has 5 nitrogen and oxygen atoms in total. The van der Waals surface area contributed by atoms with Crippen LogP contribution in [0, 0.1) is 13.8 Å². The van der Waals surface area contributed by atoms with Gasteiger partial charge in [-0.3, -0.25) is 0 Å². The zero-order valence-corrected chi connectivity index (χ0v) is 11.3. The standard InChI is InChI=1S/C11H16N4OS/c1-6(2)10-14-11(16-15-10)12-5-9-7(3)17-8(4)13-9/h6H,5H2,1-4H3,(H,12,14,15). The number of hydrogen-bond acceptors (Lipinski definition) is 6. The van der Waals surface area contributed by atoms with Crippen LogP contribution in [0.3, 0.4) is 0 Å². The van der Waals surface area contributed by atoms with Crippen molar-refractivity contribution in [1.82, 2.24) is 15.1 Å². The highest BCUT2D eigenvalue weighted by Gasteiger charge is 2.10. The predicted octanol–water partition coefficient (Wildman–Crippen LogP) is 2.88. The second kappa shape index (κ2) is 4.83. The monoisotopic (exact) mass is 252 g/mol. The van der Waals surface area contributed by atoms with Gasteiger partial charge in [-0.15, -0.1) is 11.3 Å². The third-order valence-electron chi connectivity index (χ3n) is 2.36. The Kier molecular flexibility index (Phi) is 3.42. The van der Waals surface area contributed by atoms with Crippen molar-refractivity contribution in [2.45, 2.75) is 40.2 Å². The SMILES string of the molecule is Cc1nc(CNc2nc(C(C)C)no2)c(C)s1. The van der Waals surface area contributed by atoms with Crippen molar-refractivity contribution < 1.29 is 4.52 Å². The normalized spacial score (nSPS) is 11.1. The fourth-order valence-electron chi connectivity index (χ4n) is 1.44. The average Bonchev–Trinajstić information content (AvgIpc) is 2.82. The number of thiazole rings is 1. The first-order valence-corrected chi connectivity index (χ1v) is 6.38. The van der Waals surface area contributed by atoms with E-state index in [0.29, 0.717) is 12.6 Å². The minimum Gasteiger partial charge on any atom is -0.332 e. The number of aromatic nitrogens is 3. The van der Waals surface area contributed by atoms with Gasteiger partial charge in [0.05, 0.1) is 17.2 Å². The van der Waals surface area contributed by atoms with Crippen LogP contribution in [-0.4, -0.2) is 15.1 Å².